The maximum absolute atomic E-state index is 13.7. The first kappa shape index (κ1) is 22.6. The molecule has 0 atom stereocenters. The number of amides is 1. The minimum absolute atomic E-state index is 0.148. The molecule has 1 fully saturated rings. The van der Waals surface area contributed by atoms with E-state index in [9.17, 15) is 9.59 Å². The highest BCUT2D eigenvalue weighted by Gasteiger charge is 2.25. The molecule has 0 saturated carbocycles. The number of carbonyl (C=O) groups excluding carboxylic acids is 2. The summed E-state index contributed by atoms with van der Waals surface area (Å²) in [5.41, 5.74) is 3.74. The van der Waals surface area contributed by atoms with Crippen LogP contribution in [0.4, 0.5) is 11.4 Å². The molecule has 0 radical (unpaired) electrons. The number of esters is 1. The van der Waals surface area contributed by atoms with Crippen LogP contribution >= 0.6 is 0 Å². The SMILES string of the molecule is COC(=O)c1ccc(N2CCN(C)CC2)c(NC(=O)C(c2ccccc2)c2ccccc2)c1. The van der Waals surface area contributed by atoms with Crippen molar-refractivity contribution < 1.29 is 14.3 Å². The second kappa shape index (κ2) is 10.3. The van der Waals surface area contributed by atoms with E-state index in [-0.39, 0.29) is 5.91 Å². The minimum Gasteiger partial charge on any atom is -0.465 e. The number of nitrogens with one attached hydrogen (secondary N) is 1. The van der Waals surface area contributed by atoms with Crippen molar-refractivity contribution in [2.24, 2.45) is 0 Å². The molecule has 33 heavy (non-hydrogen) atoms. The Labute approximate surface area is 194 Å². The van der Waals surface area contributed by atoms with Gasteiger partial charge in [-0.15, -0.1) is 0 Å². The molecule has 1 aliphatic rings. The number of hydrogen-bond donors (Lipinski definition) is 1. The van der Waals surface area contributed by atoms with E-state index in [4.69, 9.17) is 4.74 Å². The highest BCUT2D eigenvalue weighted by molar-refractivity contribution is 6.02. The molecule has 1 amide bonds. The standard InChI is InChI=1S/C27H29N3O3/c1-29-15-17-30(18-16-29)24-14-13-22(27(32)33-2)19-23(24)28-26(31)25(20-9-5-3-6-10-20)21-11-7-4-8-12-21/h3-14,19,25H,15-18H2,1-2H3,(H,28,31). The van der Waals surface area contributed by atoms with Crippen LogP contribution in [0.1, 0.15) is 27.4 Å². The first-order chi connectivity index (χ1) is 16.1. The van der Waals surface area contributed by atoms with Crippen LogP contribution in [0.5, 0.6) is 0 Å². The van der Waals surface area contributed by atoms with E-state index >= 15 is 0 Å². The van der Waals surface area contributed by atoms with Crippen LogP contribution in [0, 0.1) is 0 Å². The van der Waals surface area contributed by atoms with E-state index in [2.05, 4.69) is 22.2 Å². The Kier molecular flexibility index (Phi) is 7.05. The fourth-order valence-corrected chi connectivity index (χ4v) is 4.20. The summed E-state index contributed by atoms with van der Waals surface area (Å²) in [6.45, 7) is 3.56. The summed E-state index contributed by atoms with van der Waals surface area (Å²) in [7, 11) is 3.46. The average Bonchev–Trinajstić information content (AvgIpc) is 2.85. The van der Waals surface area contributed by atoms with Crippen LogP contribution in [-0.2, 0) is 9.53 Å². The van der Waals surface area contributed by atoms with Crippen LogP contribution in [0.2, 0.25) is 0 Å². The molecule has 0 aromatic heterocycles. The van der Waals surface area contributed by atoms with Crippen molar-refractivity contribution in [2.75, 3.05) is 50.6 Å². The molecular formula is C27H29N3O3. The van der Waals surface area contributed by atoms with Crippen molar-refractivity contribution >= 4 is 23.3 Å². The van der Waals surface area contributed by atoms with Gasteiger partial charge in [0.2, 0.25) is 5.91 Å². The third kappa shape index (κ3) is 5.23. The number of likely N-dealkylation sites (N-methyl/N-ethyl adjacent to an activating group) is 1. The lowest BCUT2D eigenvalue weighted by molar-refractivity contribution is -0.116. The van der Waals surface area contributed by atoms with Gasteiger partial charge in [-0.25, -0.2) is 4.79 Å². The smallest absolute Gasteiger partial charge is 0.337 e. The van der Waals surface area contributed by atoms with Gasteiger partial charge in [0.1, 0.15) is 0 Å². The normalized spacial score (nSPS) is 14.2. The first-order valence-electron chi connectivity index (χ1n) is 11.1. The third-order valence-electron chi connectivity index (χ3n) is 6.05. The highest BCUT2D eigenvalue weighted by atomic mass is 16.5. The lowest BCUT2D eigenvalue weighted by Gasteiger charge is -2.35. The fourth-order valence-electron chi connectivity index (χ4n) is 4.20. The largest absolute Gasteiger partial charge is 0.465 e. The van der Waals surface area contributed by atoms with Gasteiger partial charge in [0, 0.05) is 26.2 Å². The van der Waals surface area contributed by atoms with Gasteiger partial charge in [0.15, 0.2) is 0 Å². The van der Waals surface area contributed by atoms with Gasteiger partial charge in [0.05, 0.1) is 30.0 Å². The Bertz CT molecular complexity index is 1050. The predicted octanol–water partition coefficient (Wildman–Crippen LogP) is 4.00. The van der Waals surface area contributed by atoms with Gasteiger partial charge >= 0.3 is 5.97 Å². The van der Waals surface area contributed by atoms with E-state index in [0.717, 1.165) is 43.0 Å². The molecule has 1 saturated heterocycles. The molecule has 1 heterocycles. The number of anilines is 2. The van der Waals surface area contributed by atoms with E-state index < -0.39 is 11.9 Å². The maximum atomic E-state index is 13.7. The molecule has 0 unspecified atom stereocenters. The van der Waals surface area contributed by atoms with E-state index in [1.54, 1.807) is 12.1 Å². The van der Waals surface area contributed by atoms with E-state index in [1.807, 2.05) is 66.7 Å². The first-order valence-corrected chi connectivity index (χ1v) is 11.1. The van der Waals surface area contributed by atoms with Gasteiger partial charge in [-0.05, 0) is 36.4 Å². The number of rotatable bonds is 6. The number of carbonyl (C=O) groups is 2. The molecule has 6 nitrogen and oxygen atoms in total. The summed E-state index contributed by atoms with van der Waals surface area (Å²) in [4.78, 5) is 30.4. The van der Waals surface area contributed by atoms with Gasteiger partial charge in [-0.2, -0.15) is 0 Å². The Balaban J connectivity index is 1.70. The summed E-state index contributed by atoms with van der Waals surface area (Å²) in [5, 5.41) is 3.13. The van der Waals surface area contributed by atoms with Crippen LogP contribution in [0.15, 0.2) is 78.9 Å². The monoisotopic (exact) mass is 443 g/mol. The predicted molar refractivity (Wildman–Crippen MR) is 131 cm³/mol. The van der Waals surface area contributed by atoms with E-state index in [1.165, 1.54) is 7.11 Å². The molecule has 3 aromatic rings. The van der Waals surface area contributed by atoms with E-state index in [0.29, 0.717) is 11.3 Å². The fraction of sp³-hybridized carbons (Fsp3) is 0.259. The van der Waals surface area contributed by atoms with Crippen molar-refractivity contribution in [1.82, 2.24) is 4.90 Å². The van der Waals surface area contributed by atoms with Gasteiger partial charge in [0.25, 0.3) is 0 Å². The zero-order valence-electron chi connectivity index (χ0n) is 19.0. The van der Waals surface area contributed by atoms with Crippen LogP contribution in [0.3, 0.4) is 0 Å². The number of ether oxygens (including phenoxy) is 1. The molecule has 6 heteroatoms. The Morgan fingerprint density at radius 2 is 1.42 bits per heavy atom. The summed E-state index contributed by atoms with van der Waals surface area (Å²) < 4.78 is 4.91. The van der Waals surface area contributed by atoms with Crippen molar-refractivity contribution in [3.63, 3.8) is 0 Å². The quantitative estimate of drug-likeness (QED) is 0.584. The van der Waals surface area contributed by atoms with Crippen molar-refractivity contribution in [2.45, 2.75) is 5.92 Å². The second-order valence-corrected chi connectivity index (χ2v) is 8.26. The number of piperazine rings is 1. The van der Waals surface area contributed by atoms with Crippen molar-refractivity contribution in [3.05, 3.63) is 95.6 Å². The van der Waals surface area contributed by atoms with Gasteiger partial charge in [-0.1, -0.05) is 60.7 Å². The van der Waals surface area contributed by atoms with Crippen LogP contribution < -0.4 is 10.2 Å². The number of hydrogen-bond acceptors (Lipinski definition) is 5. The number of nitrogens with zero attached hydrogens (tertiary/aromatic N) is 2. The Morgan fingerprint density at radius 3 is 1.97 bits per heavy atom. The number of benzene rings is 3. The van der Waals surface area contributed by atoms with Crippen LogP contribution in [-0.4, -0.2) is 57.1 Å². The second-order valence-electron chi connectivity index (χ2n) is 8.26. The lowest BCUT2D eigenvalue weighted by atomic mass is 9.90. The molecule has 3 aromatic carbocycles. The topological polar surface area (TPSA) is 61.9 Å². The Hall–Kier alpha value is -3.64. The highest BCUT2D eigenvalue weighted by Crippen LogP contribution is 2.32. The Morgan fingerprint density at radius 1 is 0.848 bits per heavy atom. The molecule has 1 N–H and O–H groups in total. The molecule has 0 aliphatic carbocycles. The number of methoxy groups -OCH3 is 1. The zero-order chi connectivity index (χ0) is 23.2. The maximum Gasteiger partial charge on any atom is 0.337 e. The summed E-state index contributed by atoms with van der Waals surface area (Å²) in [6.07, 6.45) is 0. The van der Waals surface area contributed by atoms with Crippen LogP contribution in [0.25, 0.3) is 0 Å². The van der Waals surface area contributed by atoms with Crippen molar-refractivity contribution in [1.29, 1.82) is 0 Å². The van der Waals surface area contributed by atoms with Gasteiger partial charge < -0.3 is 19.9 Å². The molecule has 170 valence electrons. The summed E-state index contributed by atoms with van der Waals surface area (Å²) in [6, 6.07) is 24.8. The molecule has 0 bridgehead atoms. The third-order valence-corrected chi connectivity index (χ3v) is 6.05. The molecule has 1 aliphatic heterocycles. The summed E-state index contributed by atoms with van der Waals surface area (Å²) >= 11 is 0. The molecular weight excluding hydrogens is 414 g/mol. The molecule has 4 rings (SSSR count). The van der Waals surface area contributed by atoms with Gasteiger partial charge in [-0.3, -0.25) is 4.79 Å². The lowest BCUT2D eigenvalue weighted by Crippen LogP contribution is -2.44. The minimum atomic E-state index is -0.477. The average molecular weight is 444 g/mol. The molecule has 0 spiro atoms. The summed E-state index contributed by atoms with van der Waals surface area (Å²) in [5.74, 6) is -1.06. The zero-order valence-corrected chi connectivity index (χ0v) is 19.0. The van der Waals surface area contributed by atoms with Crippen molar-refractivity contribution in [3.8, 4) is 0 Å².